The summed E-state index contributed by atoms with van der Waals surface area (Å²) in [5, 5.41) is 0. The Labute approximate surface area is 241 Å². The van der Waals surface area contributed by atoms with Gasteiger partial charge in [0.15, 0.2) is 0 Å². The maximum Gasteiger partial charge on any atom is 0.337 e. The molecule has 0 bridgehead atoms. The van der Waals surface area contributed by atoms with E-state index < -0.39 is 0 Å². The van der Waals surface area contributed by atoms with E-state index in [1.54, 1.807) is 29.2 Å². The molecule has 208 valence electrons. The zero-order valence-electron chi connectivity index (χ0n) is 23.4. The van der Waals surface area contributed by atoms with E-state index in [-0.39, 0.29) is 11.9 Å². The third-order valence-electron chi connectivity index (χ3n) is 8.37. The van der Waals surface area contributed by atoms with Crippen molar-refractivity contribution in [1.82, 2.24) is 4.90 Å². The fourth-order valence-corrected chi connectivity index (χ4v) is 6.03. The molecule has 4 aromatic carbocycles. The van der Waals surface area contributed by atoms with Crippen LogP contribution in [0.3, 0.4) is 0 Å². The highest BCUT2D eigenvalue weighted by Gasteiger charge is 2.30. The number of hydrogen-bond donors (Lipinski definition) is 0. The van der Waals surface area contributed by atoms with Gasteiger partial charge in [0.25, 0.3) is 5.91 Å². The lowest BCUT2D eigenvalue weighted by Crippen LogP contribution is -2.46. The third kappa shape index (κ3) is 5.74. The van der Waals surface area contributed by atoms with E-state index in [1.807, 2.05) is 0 Å². The van der Waals surface area contributed by atoms with Crippen molar-refractivity contribution >= 4 is 23.3 Å². The molecule has 1 fully saturated rings. The van der Waals surface area contributed by atoms with Gasteiger partial charge in [0.2, 0.25) is 0 Å². The molecular weight excluding hydrogens is 510 g/mol. The average molecular weight is 546 g/mol. The number of nitrogens with zero attached hydrogens (tertiary/aromatic N) is 3. The van der Waals surface area contributed by atoms with Crippen molar-refractivity contribution < 1.29 is 14.3 Å². The molecule has 4 aromatic rings. The first-order valence-corrected chi connectivity index (χ1v) is 14.3. The largest absolute Gasteiger partial charge is 0.465 e. The van der Waals surface area contributed by atoms with E-state index in [4.69, 9.17) is 4.74 Å². The first-order chi connectivity index (χ1) is 20.1. The van der Waals surface area contributed by atoms with Gasteiger partial charge < -0.3 is 14.5 Å². The molecule has 6 nitrogen and oxygen atoms in total. The van der Waals surface area contributed by atoms with Gasteiger partial charge in [0.1, 0.15) is 0 Å². The molecule has 6 rings (SSSR count). The molecule has 1 saturated heterocycles. The number of rotatable bonds is 8. The molecule has 0 atom stereocenters. The van der Waals surface area contributed by atoms with Crippen LogP contribution in [-0.4, -0.2) is 56.6 Å². The van der Waals surface area contributed by atoms with Gasteiger partial charge in [-0.15, -0.1) is 0 Å². The summed E-state index contributed by atoms with van der Waals surface area (Å²) in [7, 11) is 1.36. The van der Waals surface area contributed by atoms with E-state index in [0.717, 1.165) is 61.6 Å². The number of methoxy groups -OCH3 is 1. The molecular formula is C35H35N3O3. The number of hydrogen-bond acceptors (Lipinski definition) is 5. The maximum absolute atomic E-state index is 13.3. The van der Waals surface area contributed by atoms with Crippen LogP contribution in [0, 0.1) is 0 Å². The fraction of sp³-hybridized carbons (Fsp3) is 0.257. The van der Waals surface area contributed by atoms with E-state index >= 15 is 0 Å². The Hall–Kier alpha value is -4.42. The number of carbonyl (C=O) groups excluding carboxylic acids is 2. The minimum Gasteiger partial charge on any atom is -0.465 e. The molecule has 0 spiro atoms. The van der Waals surface area contributed by atoms with E-state index in [9.17, 15) is 9.59 Å². The van der Waals surface area contributed by atoms with Crippen LogP contribution in [0.25, 0.3) is 0 Å². The van der Waals surface area contributed by atoms with Crippen LogP contribution in [0.2, 0.25) is 0 Å². The maximum atomic E-state index is 13.3. The summed E-state index contributed by atoms with van der Waals surface area (Å²) in [6.45, 7) is 5.46. The summed E-state index contributed by atoms with van der Waals surface area (Å²) in [6.07, 6.45) is 1.08. The van der Waals surface area contributed by atoms with Crippen molar-refractivity contribution in [3.05, 3.63) is 131 Å². The Balaban J connectivity index is 1.07. The van der Waals surface area contributed by atoms with Crippen LogP contribution in [0.4, 0.5) is 11.4 Å². The predicted molar refractivity (Wildman–Crippen MR) is 163 cm³/mol. The third-order valence-corrected chi connectivity index (χ3v) is 8.37. The van der Waals surface area contributed by atoms with Gasteiger partial charge in [0, 0.05) is 49.0 Å². The first-order valence-electron chi connectivity index (χ1n) is 14.3. The molecule has 2 aliphatic heterocycles. The zero-order valence-corrected chi connectivity index (χ0v) is 23.4. The number of amides is 1. The van der Waals surface area contributed by atoms with Crippen molar-refractivity contribution in [2.24, 2.45) is 0 Å². The highest BCUT2D eigenvalue weighted by Crippen LogP contribution is 2.32. The number of benzene rings is 4. The lowest BCUT2D eigenvalue weighted by atomic mass is 9.88. The molecule has 0 unspecified atom stereocenters. The fourth-order valence-electron chi connectivity index (χ4n) is 6.03. The summed E-state index contributed by atoms with van der Waals surface area (Å²) in [6, 6.07) is 34.9. The van der Waals surface area contributed by atoms with Crippen LogP contribution in [-0.2, 0) is 11.3 Å². The van der Waals surface area contributed by atoms with Crippen molar-refractivity contribution in [3.8, 4) is 0 Å². The summed E-state index contributed by atoms with van der Waals surface area (Å²) in [5.41, 5.74) is 6.88. The number of ether oxygens (including phenoxy) is 1. The quantitative estimate of drug-likeness (QED) is 0.255. The molecule has 2 heterocycles. The predicted octanol–water partition coefficient (Wildman–Crippen LogP) is 5.98. The van der Waals surface area contributed by atoms with Gasteiger partial charge in [-0.05, 0) is 66.1 Å². The van der Waals surface area contributed by atoms with Gasteiger partial charge in [-0.25, -0.2) is 4.79 Å². The summed E-state index contributed by atoms with van der Waals surface area (Å²) in [5.74, 6) is 0.00136. The van der Waals surface area contributed by atoms with Crippen molar-refractivity contribution in [3.63, 3.8) is 0 Å². The molecule has 0 aromatic heterocycles. The molecule has 0 radical (unpaired) electrons. The molecule has 1 amide bonds. The minimum atomic E-state index is -0.385. The molecule has 2 aliphatic rings. The van der Waals surface area contributed by atoms with Crippen LogP contribution in [0.5, 0.6) is 0 Å². The van der Waals surface area contributed by atoms with Gasteiger partial charge in [0.05, 0.1) is 19.2 Å². The van der Waals surface area contributed by atoms with Crippen molar-refractivity contribution in [2.75, 3.05) is 49.6 Å². The van der Waals surface area contributed by atoms with Crippen molar-refractivity contribution in [2.45, 2.75) is 18.9 Å². The minimum absolute atomic E-state index is 0.000769. The Morgan fingerprint density at radius 1 is 0.780 bits per heavy atom. The second-order valence-electron chi connectivity index (χ2n) is 10.8. The van der Waals surface area contributed by atoms with Gasteiger partial charge in [-0.3, -0.25) is 9.69 Å². The number of fused-ring (bicyclic) bond motifs is 1. The smallest absolute Gasteiger partial charge is 0.337 e. The Bertz CT molecular complexity index is 1460. The van der Waals surface area contributed by atoms with Crippen LogP contribution in [0.15, 0.2) is 103 Å². The van der Waals surface area contributed by atoms with Crippen molar-refractivity contribution in [1.29, 1.82) is 0 Å². The van der Waals surface area contributed by atoms with Crippen LogP contribution < -0.4 is 9.80 Å². The summed E-state index contributed by atoms with van der Waals surface area (Å²) < 4.78 is 4.78. The first kappa shape index (κ1) is 26.8. The SMILES string of the molecule is COC(=O)c1ccc(N2Cc3ccc(N4CCN(CCC(c5ccccc5)c5ccccc5)CC4)cc3C2=O)cc1. The number of esters is 1. The average Bonchev–Trinajstić information content (AvgIpc) is 3.37. The van der Waals surface area contributed by atoms with Gasteiger partial charge in [-0.1, -0.05) is 66.7 Å². The van der Waals surface area contributed by atoms with Gasteiger partial charge in [-0.2, -0.15) is 0 Å². The monoisotopic (exact) mass is 545 g/mol. The van der Waals surface area contributed by atoms with Crippen LogP contribution in [0.1, 0.15) is 49.7 Å². The molecule has 0 aliphatic carbocycles. The molecule has 0 N–H and O–H groups in total. The molecule has 41 heavy (non-hydrogen) atoms. The Morgan fingerprint density at radius 3 is 2.00 bits per heavy atom. The van der Waals surface area contributed by atoms with Crippen LogP contribution >= 0.6 is 0 Å². The standard InChI is InChI=1S/C35H35N3O3/c1-41-35(40)28-12-15-30(16-13-28)38-25-29-14-17-31(24-33(29)34(38)39)37-22-20-36(21-23-37)19-18-32(26-8-4-2-5-9-26)27-10-6-3-7-11-27/h2-17,24,32H,18-23,25H2,1H3. The van der Waals surface area contributed by atoms with E-state index in [0.29, 0.717) is 18.0 Å². The summed E-state index contributed by atoms with van der Waals surface area (Å²) >= 11 is 0. The highest BCUT2D eigenvalue weighted by atomic mass is 16.5. The second kappa shape index (κ2) is 12.0. The normalized spacial score (nSPS) is 15.3. The molecule has 0 saturated carbocycles. The summed E-state index contributed by atoms with van der Waals surface area (Å²) in [4.78, 5) is 31.8. The number of anilines is 2. The van der Waals surface area contributed by atoms with Gasteiger partial charge >= 0.3 is 5.97 Å². The Kier molecular flexibility index (Phi) is 7.83. The zero-order chi connectivity index (χ0) is 28.2. The number of carbonyl (C=O) groups is 2. The van der Waals surface area contributed by atoms with E-state index in [1.165, 1.54) is 18.2 Å². The lowest BCUT2D eigenvalue weighted by molar-refractivity contribution is 0.0600. The molecule has 6 heteroatoms. The lowest BCUT2D eigenvalue weighted by Gasteiger charge is -2.37. The topological polar surface area (TPSA) is 53.1 Å². The number of piperazine rings is 1. The highest BCUT2D eigenvalue weighted by molar-refractivity contribution is 6.10. The van der Waals surface area contributed by atoms with E-state index in [2.05, 4.69) is 88.7 Å². The second-order valence-corrected chi connectivity index (χ2v) is 10.8. The Morgan fingerprint density at radius 2 is 1.39 bits per heavy atom.